The molecule has 1 unspecified atom stereocenters. The minimum Gasteiger partial charge on any atom is -0.463 e. The highest BCUT2D eigenvalue weighted by Crippen LogP contribution is 2.37. The predicted octanol–water partition coefficient (Wildman–Crippen LogP) is 2.56. The van der Waals surface area contributed by atoms with Crippen LogP contribution in [0.5, 0.6) is 0 Å². The fraction of sp³-hybridized carbons (Fsp3) is 0.444. The molecular weight excluding hydrogens is 358 g/mol. The molecule has 7 nitrogen and oxygen atoms in total. The van der Waals surface area contributed by atoms with Crippen LogP contribution in [0, 0.1) is 0 Å². The van der Waals surface area contributed by atoms with Crippen LogP contribution in [-0.2, 0) is 36.9 Å². The van der Waals surface area contributed by atoms with Gasteiger partial charge in [-0.1, -0.05) is 43.2 Å². The molecule has 0 aliphatic heterocycles. The van der Waals surface area contributed by atoms with Crippen molar-refractivity contribution in [2.24, 2.45) is 0 Å². The Morgan fingerprint density at radius 2 is 1.88 bits per heavy atom. The van der Waals surface area contributed by atoms with Gasteiger partial charge in [-0.2, -0.15) is 0 Å². The van der Waals surface area contributed by atoms with Crippen molar-refractivity contribution in [2.75, 3.05) is 6.61 Å². The number of ether oxygens (including phenoxy) is 2. The van der Waals surface area contributed by atoms with Crippen molar-refractivity contribution in [3.63, 3.8) is 0 Å². The molecule has 1 aromatic carbocycles. The largest absolute Gasteiger partial charge is 0.463 e. The van der Waals surface area contributed by atoms with E-state index in [1.54, 1.807) is 6.92 Å². The van der Waals surface area contributed by atoms with Gasteiger partial charge in [0.1, 0.15) is 6.61 Å². The summed E-state index contributed by atoms with van der Waals surface area (Å²) in [5.74, 6) is -1.22. The number of carbonyl (C=O) groups excluding carboxylic acids is 2. The van der Waals surface area contributed by atoms with Crippen LogP contribution in [0.4, 0.5) is 0 Å². The fourth-order valence-corrected chi connectivity index (χ4v) is 3.72. The monoisotopic (exact) mass is 381 g/mol. The first kappa shape index (κ1) is 20.1. The van der Waals surface area contributed by atoms with Gasteiger partial charge in [-0.15, -0.1) is 0 Å². The van der Waals surface area contributed by atoms with Gasteiger partial charge in [-0.25, -0.2) is 13.8 Å². The lowest BCUT2D eigenvalue weighted by molar-refractivity contribution is -0.155. The average molecular weight is 381 g/mol. The molecular formula is C18H23NO6S. The summed E-state index contributed by atoms with van der Waals surface area (Å²) >= 11 is -2.48. The number of hydrogen-bond acceptors (Lipinski definition) is 5. The minimum atomic E-state index is -2.48. The number of hydrogen-bond donors (Lipinski definition) is 1. The SMILES string of the molecule is CCOC(=O)C=CN(S(=O)O)C1(C(=O)OCc2ccccc2)CCCC1. The molecule has 0 bridgehead atoms. The summed E-state index contributed by atoms with van der Waals surface area (Å²) in [5.41, 5.74) is -0.440. The molecule has 0 amide bonds. The number of rotatable bonds is 8. The van der Waals surface area contributed by atoms with E-state index in [0.29, 0.717) is 12.8 Å². The van der Waals surface area contributed by atoms with Crippen LogP contribution in [-0.4, -0.2) is 37.2 Å². The number of nitrogens with zero attached hydrogens (tertiary/aromatic N) is 1. The van der Waals surface area contributed by atoms with E-state index in [9.17, 15) is 18.4 Å². The molecule has 1 fully saturated rings. The molecule has 0 radical (unpaired) electrons. The smallest absolute Gasteiger partial charge is 0.333 e. The second-order valence-corrected chi connectivity index (χ2v) is 6.78. The molecule has 1 aliphatic carbocycles. The summed E-state index contributed by atoms with van der Waals surface area (Å²) in [4.78, 5) is 24.3. The van der Waals surface area contributed by atoms with Crippen LogP contribution in [0.25, 0.3) is 0 Å². The van der Waals surface area contributed by atoms with Gasteiger partial charge < -0.3 is 9.47 Å². The second kappa shape index (κ2) is 9.49. The van der Waals surface area contributed by atoms with Gasteiger partial charge in [0.25, 0.3) is 11.3 Å². The average Bonchev–Trinajstić information content (AvgIpc) is 3.11. The Kier molecular flexibility index (Phi) is 7.35. The zero-order chi connectivity index (χ0) is 19.0. The van der Waals surface area contributed by atoms with E-state index in [-0.39, 0.29) is 13.2 Å². The maximum absolute atomic E-state index is 12.8. The Labute approximate surface area is 155 Å². The van der Waals surface area contributed by atoms with Gasteiger partial charge in [0.15, 0.2) is 5.54 Å². The van der Waals surface area contributed by atoms with E-state index in [2.05, 4.69) is 0 Å². The highest BCUT2D eigenvalue weighted by Gasteiger charge is 2.49. The summed E-state index contributed by atoms with van der Waals surface area (Å²) in [6, 6.07) is 9.20. The van der Waals surface area contributed by atoms with Gasteiger partial charge in [0, 0.05) is 12.3 Å². The van der Waals surface area contributed by atoms with Crippen molar-refractivity contribution in [1.82, 2.24) is 4.31 Å². The topological polar surface area (TPSA) is 93.1 Å². The molecule has 1 N–H and O–H groups in total. The molecule has 0 saturated heterocycles. The first-order chi connectivity index (χ1) is 12.5. The van der Waals surface area contributed by atoms with E-state index >= 15 is 0 Å². The molecule has 0 aromatic heterocycles. The Hall–Kier alpha value is -2.19. The lowest BCUT2D eigenvalue weighted by atomic mass is 9.98. The van der Waals surface area contributed by atoms with Crippen LogP contribution >= 0.6 is 0 Å². The summed E-state index contributed by atoms with van der Waals surface area (Å²) < 4.78 is 32.8. The maximum atomic E-state index is 12.8. The summed E-state index contributed by atoms with van der Waals surface area (Å²) in [6.45, 7) is 1.93. The third kappa shape index (κ3) is 4.92. The highest BCUT2D eigenvalue weighted by molar-refractivity contribution is 7.76. The molecule has 1 aliphatic rings. The second-order valence-electron chi connectivity index (χ2n) is 5.92. The molecule has 0 heterocycles. The first-order valence-corrected chi connectivity index (χ1v) is 9.52. The van der Waals surface area contributed by atoms with Gasteiger partial charge in [0.05, 0.1) is 6.61 Å². The Bertz CT molecular complexity index is 670. The Balaban J connectivity index is 2.17. The molecule has 142 valence electrons. The first-order valence-electron chi connectivity index (χ1n) is 8.46. The lowest BCUT2D eigenvalue weighted by Gasteiger charge is -2.35. The van der Waals surface area contributed by atoms with E-state index in [4.69, 9.17) is 9.47 Å². The van der Waals surface area contributed by atoms with Crippen molar-refractivity contribution in [1.29, 1.82) is 0 Å². The number of esters is 2. The zero-order valence-electron chi connectivity index (χ0n) is 14.6. The van der Waals surface area contributed by atoms with E-state index < -0.39 is 28.7 Å². The predicted molar refractivity (Wildman–Crippen MR) is 95.8 cm³/mol. The van der Waals surface area contributed by atoms with Crippen molar-refractivity contribution in [3.05, 3.63) is 48.2 Å². The van der Waals surface area contributed by atoms with Crippen LogP contribution in [0.1, 0.15) is 38.2 Å². The fourth-order valence-electron chi connectivity index (χ4n) is 2.99. The Morgan fingerprint density at radius 3 is 2.46 bits per heavy atom. The van der Waals surface area contributed by atoms with E-state index in [0.717, 1.165) is 35.0 Å². The molecule has 0 spiro atoms. The molecule has 1 aromatic rings. The quantitative estimate of drug-likeness (QED) is 0.423. The van der Waals surface area contributed by atoms with Gasteiger partial charge in [0.2, 0.25) is 0 Å². The summed E-state index contributed by atoms with van der Waals surface area (Å²) in [7, 11) is 0. The molecule has 1 saturated carbocycles. The lowest BCUT2D eigenvalue weighted by Crippen LogP contribution is -2.51. The number of carbonyl (C=O) groups is 2. The van der Waals surface area contributed by atoms with Gasteiger partial charge in [-0.3, -0.25) is 8.86 Å². The number of benzene rings is 1. The van der Waals surface area contributed by atoms with Gasteiger partial charge >= 0.3 is 11.9 Å². The highest BCUT2D eigenvalue weighted by atomic mass is 32.2. The molecule has 2 rings (SSSR count). The molecule has 26 heavy (non-hydrogen) atoms. The van der Waals surface area contributed by atoms with E-state index in [1.807, 2.05) is 30.3 Å². The minimum absolute atomic E-state index is 0.0783. The van der Waals surface area contributed by atoms with Crippen molar-refractivity contribution < 1.29 is 27.8 Å². The summed E-state index contributed by atoms with van der Waals surface area (Å²) in [5, 5.41) is 0. The maximum Gasteiger partial charge on any atom is 0.333 e. The van der Waals surface area contributed by atoms with Crippen LogP contribution in [0.2, 0.25) is 0 Å². The standard InChI is InChI=1S/C18H23NO6S/c1-2-24-16(20)10-13-19(26(22)23)18(11-6-7-12-18)17(21)25-14-15-8-4-3-5-9-15/h3-5,8-10,13H,2,6-7,11-12,14H2,1H3,(H,22,23). The third-order valence-electron chi connectivity index (χ3n) is 4.25. The van der Waals surface area contributed by atoms with Crippen LogP contribution in [0.3, 0.4) is 0 Å². The molecule has 1 atom stereocenters. The van der Waals surface area contributed by atoms with Crippen LogP contribution in [0.15, 0.2) is 42.6 Å². The van der Waals surface area contributed by atoms with Crippen molar-refractivity contribution in [3.8, 4) is 0 Å². The van der Waals surface area contributed by atoms with E-state index in [1.165, 1.54) is 0 Å². The zero-order valence-corrected chi connectivity index (χ0v) is 15.4. The van der Waals surface area contributed by atoms with Gasteiger partial charge in [-0.05, 0) is 25.3 Å². The summed E-state index contributed by atoms with van der Waals surface area (Å²) in [6.07, 6.45) is 4.38. The Morgan fingerprint density at radius 1 is 1.23 bits per heavy atom. The molecule has 8 heteroatoms. The van der Waals surface area contributed by atoms with Crippen LogP contribution < -0.4 is 0 Å². The van der Waals surface area contributed by atoms with Crippen molar-refractivity contribution >= 4 is 23.2 Å². The normalized spacial score (nSPS) is 17.0. The van der Waals surface area contributed by atoms with Crippen molar-refractivity contribution in [2.45, 2.75) is 44.8 Å². The third-order valence-corrected chi connectivity index (χ3v) is 5.05.